The molecule has 3 aliphatic rings. The summed E-state index contributed by atoms with van der Waals surface area (Å²) in [6, 6.07) is 8.77. The second-order valence-corrected chi connectivity index (χ2v) is 7.57. The summed E-state index contributed by atoms with van der Waals surface area (Å²) in [5.41, 5.74) is 2.61. The lowest BCUT2D eigenvalue weighted by Gasteiger charge is -2.40. The maximum atomic E-state index is 13.1. The van der Waals surface area contributed by atoms with Crippen LogP contribution in [0.3, 0.4) is 0 Å². The Bertz CT molecular complexity index is 595. The fraction of sp³-hybridized carbons (Fsp3) is 0.650. The second-order valence-electron chi connectivity index (χ2n) is 7.57. The van der Waals surface area contributed by atoms with Gasteiger partial charge in [-0.2, -0.15) is 0 Å². The molecule has 2 fully saturated rings. The zero-order valence-electron chi connectivity index (χ0n) is 14.4. The predicted octanol–water partition coefficient (Wildman–Crippen LogP) is 2.16. The quantitative estimate of drug-likeness (QED) is 0.905. The number of hydrogen-bond donors (Lipinski definition) is 1. The molecule has 4 rings (SSSR count). The summed E-state index contributed by atoms with van der Waals surface area (Å²) in [5, 5.41) is 10.1. The minimum Gasteiger partial charge on any atom is -0.391 e. The van der Waals surface area contributed by atoms with Crippen molar-refractivity contribution in [2.75, 3.05) is 26.2 Å². The molecule has 2 aliphatic carbocycles. The van der Waals surface area contributed by atoms with Crippen molar-refractivity contribution in [1.82, 2.24) is 9.80 Å². The molecular formula is C20H28N2O2. The number of aryl methyl sites for hydroxylation is 1. The van der Waals surface area contributed by atoms with E-state index in [0.717, 1.165) is 64.7 Å². The van der Waals surface area contributed by atoms with E-state index < -0.39 is 0 Å². The van der Waals surface area contributed by atoms with Crippen LogP contribution in [-0.4, -0.2) is 59.1 Å². The topological polar surface area (TPSA) is 43.8 Å². The van der Waals surface area contributed by atoms with E-state index in [0.29, 0.717) is 11.9 Å². The average Bonchev–Trinajstić information content (AvgIpc) is 3.07. The van der Waals surface area contributed by atoms with Gasteiger partial charge in [-0.1, -0.05) is 24.3 Å². The minimum atomic E-state index is -0.169. The second kappa shape index (κ2) is 6.85. The molecule has 0 radical (unpaired) electrons. The van der Waals surface area contributed by atoms with Crippen LogP contribution in [0.25, 0.3) is 0 Å². The Kier molecular flexibility index (Phi) is 4.59. The van der Waals surface area contributed by atoms with Gasteiger partial charge >= 0.3 is 0 Å². The molecular weight excluding hydrogens is 300 g/mol. The van der Waals surface area contributed by atoms with E-state index >= 15 is 0 Å². The lowest BCUT2D eigenvalue weighted by atomic mass is 9.82. The van der Waals surface area contributed by atoms with E-state index in [2.05, 4.69) is 34.1 Å². The average molecular weight is 328 g/mol. The molecule has 1 saturated carbocycles. The van der Waals surface area contributed by atoms with Gasteiger partial charge in [-0.05, 0) is 49.7 Å². The zero-order valence-corrected chi connectivity index (χ0v) is 14.4. The first-order chi connectivity index (χ1) is 11.7. The molecule has 1 aromatic rings. The highest BCUT2D eigenvalue weighted by Crippen LogP contribution is 2.33. The fourth-order valence-corrected chi connectivity index (χ4v) is 4.85. The van der Waals surface area contributed by atoms with Crippen LogP contribution in [-0.2, 0) is 11.2 Å². The molecule has 1 amide bonds. The summed E-state index contributed by atoms with van der Waals surface area (Å²) < 4.78 is 0. The van der Waals surface area contributed by atoms with Crippen LogP contribution in [0.15, 0.2) is 24.3 Å². The SMILES string of the molecule is O=C([C@@H]1CCCc2ccccc21)N1CCN([C@@H]2CCC[C@H]2O)CC1. The first kappa shape index (κ1) is 16.1. The van der Waals surface area contributed by atoms with Crippen LogP contribution in [0.2, 0.25) is 0 Å². The summed E-state index contributed by atoms with van der Waals surface area (Å²) in [6.07, 6.45) is 6.20. The minimum absolute atomic E-state index is 0.0542. The number of amides is 1. The van der Waals surface area contributed by atoms with Gasteiger partial charge < -0.3 is 10.0 Å². The van der Waals surface area contributed by atoms with E-state index in [9.17, 15) is 9.90 Å². The van der Waals surface area contributed by atoms with Crippen LogP contribution >= 0.6 is 0 Å². The number of nitrogens with zero attached hydrogens (tertiary/aromatic N) is 2. The van der Waals surface area contributed by atoms with Crippen molar-refractivity contribution < 1.29 is 9.90 Å². The number of rotatable bonds is 2. The van der Waals surface area contributed by atoms with Crippen LogP contribution in [0.5, 0.6) is 0 Å². The molecule has 0 spiro atoms. The van der Waals surface area contributed by atoms with Crippen LogP contribution in [0, 0.1) is 0 Å². The molecule has 1 saturated heterocycles. The largest absolute Gasteiger partial charge is 0.391 e. The van der Waals surface area contributed by atoms with E-state index in [-0.39, 0.29) is 12.0 Å². The van der Waals surface area contributed by atoms with Crippen molar-refractivity contribution in [2.45, 2.75) is 56.6 Å². The molecule has 0 unspecified atom stereocenters. The zero-order chi connectivity index (χ0) is 16.5. The molecule has 0 aromatic heterocycles. The molecule has 1 aliphatic heterocycles. The van der Waals surface area contributed by atoms with Crippen molar-refractivity contribution in [3.05, 3.63) is 35.4 Å². The van der Waals surface area contributed by atoms with Crippen LogP contribution in [0.4, 0.5) is 0 Å². The standard InChI is InChI=1S/C20H28N2O2/c23-19-10-4-9-18(19)21-11-13-22(14-12-21)20(24)17-8-3-6-15-5-1-2-7-16(15)17/h1-2,5,7,17-19,23H,3-4,6,8-14H2/t17-,18-,19-/m1/s1. The van der Waals surface area contributed by atoms with Gasteiger partial charge in [-0.3, -0.25) is 9.69 Å². The molecule has 4 nitrogen and oxygen atoms in total. The summed E-state index contributed by atoms with van der Waals surface area (Å²) >= 11 is 0. The molecule has 0 bridgehead atoms. The lowest BCUT2D eigenvalue weighted by Crippen LogP contribution is -2.54. The van der Waals surface area contributed by atoms with E-state index in [1.807, 2.05) is 0 Å². The summed E-state index contributed by atoms with van der Waals surface area (Å²) in [7, 11) is 0. The van der Waals surface area contributed by atoms with Crippen molar-refractivity contribution in [3.63, 3.8) is 0 Å². The predicted molar refractivity (Wildman–Crippen MR) is 93.9 cm³/mol. The molecule has 1 aromatic carbocycles. The highest BCUT2D eigenvalue weighted by atomic mass is 16.3. The Labute approximate surface area is 144 Å². The Hall–Kier alpha value is -1.39. The normalized spacial score (nSPS) is 31.0. The molecule has 3 atom stereocenters. The first-order valence-corrected chi connectivity index (χ1v) is 9.53. The lowest BCUT2D eigenvalue weighted by molar-refractivity contribution is -0.135. The number of carbonyl (C=O) groups excluding carboxylic acids is 1. The van der Waals surface area contributed by atoms with Gasteiger partial charge in [0.25, 0.3) is 0 Å². The number of aliphatic hydroxyl groups is 1. The molecule has 24 heavy (non-hydrogen) atoms. The third-order valence-electron chi connectivity index (χ3n) is 6.21. The van der Waals surface area contributed by atoms with Crippen LogP contribution in [0.1, 0.15) is 49.1 Å². The smallest absolute Gasteiger partial charge is 0.230 e. The maximum Gasteiger partial charge on any atom is 0.230 e. The Balaban J connectivity index is 1.40. The van der Waals surface area contributed by atoms with Crippen molar-refractivity contribution >= 4 is 5.91 Å². The third kappa shape index (κ3) is 2.98. The third-order valence-corrected chi connectivity index (χ3v) is 6.21. The highest BCUT2D eigenvalue weighted by Gasteiger charge is 2.35. The molecule has 1 heterocycles. The van der Waals surface area contributed by atoms with Gasteiger partial charge in [0.15, 0.2) is 0 Å². The van der Waals surface area contributed by atoms with Gasteiger partial charge in [0, 0.05) is 32.2 Å². The number of benzene rings is 1. The number of piperazine rings is 1. The number of fused-ring (bicyclic) bond motifs is 1. The molecule has 1 N–H and O–H groups in total. The fourth-order valence-electron chi connectivity index (χ4n) is 4.85. The highest BCUT2D eigenvalue weighted by molar-refractivity contribution is 5.84. The summed E-state index contributed by atoms with van der Waals surface area (Å²) in [6.45, 7) is 3.42. The number of carbonyl (C=O) groups is 1. The Morgan fingerprint density at radius 1 is 1.00 bits per heavy atom. The number of hydrogen-bond acceptors (Lipinski definition) is 3. The molecule has 130 valence electrons. The number of aliphatic hydroxyl groups excluding tert-OH is 1. The Morgan fingerprint density at radius 2 is 1.79 bits per heavy atom. The summed E-state index contributed by atoms with van der Waals surface area (Å²) in [4.78, 5) is 17.5. The van der Waals surface area contributed by atoms with Gasteiger partial charge in [-0.15, -0.1) is 0 Å². The van der Waals surface area contributed by atoms with Crippen molar-refractivity contribution in [3.8, 4) is 0 Å². The van der Waals surface area contributed by atoms with Crippen LogP contribution < -0.4 is 0 Å². The van der Waals surface area contributed by atoms with Gasteiger partial charge in [-0.25, -0.2) is 0 Å². The van der Waals surface area contributed by atoms with Crippen molar-refractivity contribution in [1.29, 1.82) is 0 Å². The van der Waals surface area contributed by atoms with E-state index in [4.69, 9.17) is 0 Å². The van der Waals surface area contributed by atoms with E-state index in [1.54, 1.807) is 0 Å². The first-order valence-electron chi connectivity index (χ1n) is 9.53. The van der Waals surface area contributed by atoms with Gasteiger partial charge in [0.2, 0.25) is 5.91 Å². The summed E-state index contributed by atoms with van der Waals surface area (Å²) in [5.74, 6) is 0.368. The monoisotopic (exact) mass is 328 g/mol. The maximum absolute atomic E-state index is 13.1. The Morgan fingerprint density at radius 3 is 2.54 bits per heavy atom. The van der Waals surface area contributed by atoms with Crippen molar-refractivity contribution in [2.24, 2.45) is 0 Å². The van der Waals surface area contributed by atoms with Gasteiger partial charge in [0.1, 0.15) is 0 Å². The van der Waals surface area contributed by atoms with E-state index in [1.165, 1.54) is 11.1 Å². The molecule has 4 heteroatoms. The van der Waals surface area contributed by atoms with Gasteiger partial charge in [0.05, 0.1) is 12.0 Å².